The van der Waals surface area contributed by atoms with Crippen LogP contribution in [0.2, 0.25) is 0 Å². The summed E-state index contributed by atoms with van der Waals surface area (Å²) in [6.07, 6.45) is 11.4. The molecule has 1 aromatic carbocycles. The molecular weight excluding hydrogens is 518 g/mol. The van der Waals surface area contributed by atoms with Gasteiger partial charge < -0.3 is 24.5 Å². The zero-order valence-electron chi connectivity index (χ0n) is 24.9. The molecule has 3 amide bonds. The van der Waals surface area contributed by atoms with Gasteiger partial charge in [-0.2, -0.15) is 0 Å². The fourth-order valence-corrected chi connectivity index (χ4v) is 7.43. The van der Waals surface area contributed by atoms with Gasteiger partial charge >= 0.3 is 0 Å². The highest BCUT2D eigenvalue weighted by atomic mass is 16.5. The van der Waals surface area contributed by atoms with Crippen LogP contribution in [0.25, 0.3) is 0 Å². The van der Waals surface area contributed by atoms with Gasteiger partial charge in [-0.25, -0.2) is 0 Å². The number of hydrogen-bond donors (Lipinski definition) is 1. The lowest BCUT2D eigenvalue weighted by Gasteiger charge is -2.41. The first-order valence-electron chi connectivity index (χ1n) is 15.3. The predicted molar refractivity (Wildman–Crippen MR) is 156 cm³/mol. The maximum absolute atomic E-state index is 14.6. The van der Waals surface area contributed by atoms with E-state index in [1.807, 2.05) is 80.3 Å². The van der Waals surface area contributed by atoms with Crippen molar-refractivity contribution in [3.05, 3.63) is 60.2 Å². The highest BCUT2D eigenvalue weighted by molar-refractivity contribution is 6.00. The van der Waals surface area contributed by atoms with Gasteiger partial charge in [0.1, 0.15) is 11.6 Å². The monoisotopic (exact) mass is 563 g/mol. The van der Waals surface area contributed by atoms with E-state index < -0.39 is 35.1 Å². The molecule has 0 bridgehead atoms. The van der Waals surface area contributed by atoms with Crippen LogP contribution in [0.4, 0.5) is 0 Å². The third-order valence-corrected chi connectivity index (χ3v) is 9.75. The van der Waals surface area contributed by atoms with E-state index in [-0.39, 0.29) is 30.2 Å². The molecule has 4 aliphatic rings. The smallest absolute Gasteiger partial charge is 0.249 e. The van der Waals surface area contributed by atoms with Crippen LogP contribution < -0.4 is 0 Å². The fourth-order valence-electron chi connectivity index (χ4n) is 7.43. The Morgan fingerprint density at radius 3 is 2.34 bits per heavy atom. The summed E-state index contributed by atoms with van der Waals surface area (Å²) < 4.78 is 6.94. The SMILES string of the molecule is CCCCCN1CC=C[C@]23O[C@]4(C)C=CCN(Cc5ccccc5)C(=O)[C@@H]4[C@H]2C(=O)N([C@@H](CO)[C@@H](C)CC)C3C1=O. The van der Waals surface area contributed by atoms with Crippen LogP contribution in [-0.4, -0.2) is 87.1 Å². The van der Waals surface area contributed by atoms with E-state index in [2.05, 4.69) is 6.92 Å². The lowest BCUT2D eigenvalue weighted by molar-refractivity contribution is -0.157. The number of benzene rings is 1. The molecule has 1 spiro atoms. The van der Waals surface area contributed by atoms with Gasteiger partial charge in [0, 0.05) is 26.2 Å². The molecule has 8 nitrogen and oxygen atoms in total. The van der Waals surface area contributed by atoms with Crippen LogP contribution in [0.15, 0.2) is 54.6 Å². The van der Waals surface area contributed by atoms with Gasteiger partial charge in [-0.15, -0.1) is 0 Å². The molecule has 4 heterocycles. The number of nitrogens with zero attached hydrogens (tertiary/aromatic N) is 3. The molecule has 7 atom stereocenters. The fraction of sp³-hybridized carbons (Fsp3) is 0.606. The van der Waals surface area contributed by atoms with Gasteiger partial charge in [0.15, 0.2) is 0 Å². The van der Waals surface area contributed by atoms with Crippen molar-refractivity contribution in [1.82, 2.24) is 14.7 Å². The van der Waals surface area contributed by atoms with Crippen LogP contribution in [0.5, 0.6) is 0 Å². The van der Waals surface area contributed by atoms with E-state index >= 15 is 0 Å². The molecule has 5 rings (SSSR count). The van der Waals surface area contributed by atoms with Crippen molar-refractivity contribution >= 4 is 17.7 Å². The Labute approximate surface area is 244 Å². The molecule has 8 heteroatoms. The third-order valence-electron chi connectivity index (χ3n) is 9.75. The Hall–Kier alpha value is -2.97. The van der Waals surface area contributed by atoms with E-state index in [0.29, 0.717) is 26.2 Å². The number of aliphatic hydroxyl groups is 1. The van der Waals surface area contributed by atoms with E-state index in [0.717, 1.165) is 31.2 Å². The van der Waals surface area contributed by atoms with Crippen LogP contribution in [0, 0.1) is 17.8 Å². The normalized spacial score (nSPS) is 32.5. The van der Waals surface area contributed by atoms with Crippen molar-refractivity contribution in [3.8, 4) is 0 Å². The average molecular weight is 564 g/mol. The Morgan fingerprint density at radius 2 is 1.66 bits per heavy atom. The number of unbranched alkanes of at least 4 members (excludes halogenated alkanes) is 2. The first kappa shape index (κ1) is 29.5. The van der Waals surface area contributed by atoms with E-state index in [1.54, 1.807) is 9.80 Å². The summed E-state index contributed by atoms with van der Waals surface area (Å²) >= 11 is 0. The highest BCUT2D eigenvalue weighted by Gasteiger charge is 2.75. The molecule has 0 radical (unpaired) electrons. The summed E-state index contributed by atoms with van der Waals surface area (Å²) in [4.78, 5) is 48.7. The van der Waals surface area contributed by atoms with Gasteiger partial charge in [0.2, 0.25) is 17.7 Å². The second kappa shape index (κ2) is 11.7. The summed E-state index contributed by atoms with van der Waals surface area (Å²) in [5.74, 6) is -2.31. The first-order valence-corrected chi connectivity index (χ1v) is 15.3. The van der Waals surface area contributed by atoms with Crippen molar-refractivity contribution in [1.29, 1.82) is 0 Å². The number of carbonyl (C=O) groups is 3. The first-order chi connectivity index (χ1) is 19.7. The van der Waals surface area contributed by atoms with Crippen LogP contribution >= 0.6 is 0 Å². The molecule has 0 aliphatic carbocycles. The van der Waals surface area contributed by atoms with E-state index in [9.17, 15) is 19.5 Å². The maximum Gasteiger partial charge on any atom is 0.249 e. The largest absolute Gasteiger partial charge is 0.394 e. The lowest BCUT2D eigenvalue weighted by atomic mass is 9.74. The zero-order chi connectivity index (χ0) is 29.4. The average Bonchev–Trinajstić information content (AvgIpc) is 3.24. The quantitative estimate of drug-likeness (QED) is 0.347. The van der Waals surface area contributed by atoms with Gasteiger partial charge in [0.25, 0.3) is 0 Å². The Balaban J connectivity index is 1.59. The van der Waals surface area contributed by atoms with Gasteiger partial charge in [-0.05, 0) is 24.8 Å². The van der Waals surface area contributed by atoms with Gasteiger partial charge in [0.05, 0.1) is 30.1 Å². The minimum absolute atomic E-state index is 0.0425. The van der Waals surface area contributed by atoms with Crippen LogP contribution in [0.3, 0.4) is 0 Å². The molecule has 2 fully saturated rings. The lowest BCUT2D eigenvalue weighted by Crippen LogP contribution is -2.59. The Morgan fingerprint density at radius 1 is 0.951 bits per heavy atom. The van der Waals surface area contributed by atoms with Gasteiger partial charge in [-0.3, -0.25) is 14.4 Å². The summed E-state index contributed by atoms with van der Waals surface area (Å²) in [5, 5.41) is 10.6. The Bertz CT molecular complexity index is 1200. The molecule has 1 N–H and O–H groups in total. The van der Waals surface area contributed by atoms with Crippen molar-refractivity contribution in [2.75, 3.05) is 26.2 Å². The number of rotatable bonds is 10. The second-order valence-electron chi connectivity index (χ2n) is 12.4. The number of hydrogen-bond acceptors (Lipinski definition) is 5. The number of likely N-dealkylation sites (tertiary alicyclic amines) is 1. The molecule has 4 aliphatic heterocycles. The molecule has 2 saturated heterocycles. The van der Waals surface area contributed by atoms with Crippen molar-refractivity contribution in [3.63, 3.8) is 0 Å². The number of amides is 3. The number of carbonyl (C=O) groups excluding carboxylic acids is 3. The van der Waals surface area contributed by atoms with Crippen molar-refractivity contribution < 1.29 is 24.2 Å². The molecule has 1 unspecified atom stereocenters. The number of fused-ring (bicyclic) bond motifs is 2. The van der Waals surface area contributed by atoms with Crippen LogP contribution in [-0.2, 0) is 25.7 Å². The van der Waals surface area contributed by atoms with Crippen molar-refractivity contribution in [2.45, 2.75) is 83.2 Å². The van der Waals surface area contributed by atoms with E-state index in [1.165, 1.54) is 0 Å². The highest BCUT2D eigenvalue weighted by Crippen LogP contribution is 2.58. The topological polar surface area (TPSA) is 90.4 Å². The van der Waals surface area contributed by atoms with Crippen molar-refractivity contribution in [2.24, 2.45) is 17.8 Å². The molecule has 0 aromatic heterocycles. The van der Waals surface area contributed by atoms with Crippen LogP contribution in [0.1, 0.15) is 58.9 Å². The summed E-state index contributed by atoms with van der Waals surface area (Å²) in [6, 6.07) is 8.33. The minimum Gasteiger partial charge on any atom is -0.394 e. The zero-order valence-corrected chi connectivity index (χ0v) is 24.9. The van der Waals surface area contributed by atoms with Gasteiger partial charge in [-0.1, -0.05) is 94.7 Å². The Kier molecular flexibility index (Phi) is 8.44. The predicted octanol–water partition coefficient (Wildman–Crippen LogP) is 3.55. The number of aliphatic hydroxyl groups excluding tert-OH is 1. The molecular formula is C33H45N3O5. The number of ether oxygens (including phenoxy) is 1. The molecule has 1 aromatic rings. The second-order valence-corrected chi connectivity index (χ2v) is 12.4. The summed E-state index contributed by atoms with van der Waals surface area (Å²) in [5.41, 5.74) is -1.35. The van der Waals surface area contributed by atoms with E-state index in [4.69, 9.17) is 4.74 Å². The standard InChI is InChI=1S/C33H45N3O5/c1-5-7-11-18-34-19-13-17-33-27(30(39)36(28(33)31(34)40)25(22-37)23(3)6-2)26-29(38)35(20-12-16-32(26,4)41-33)21-24-14-9-8-10-15-24/h8-10,12-17,23,25-28,37H,5-7,11,18-22H2,1-4H3/t23-,25-,26-,27-,28?,32+,33-/m0/s1. The maximum atomic E-state index is 14.6. The molecule has 41 heavy (non-hydrogen) atoms. The summed E-state index contributed by atoms with van der Waals surface area (Å²) in [6.45, 7) is 9.61. The third kappa shape index (κ3) is 4.93. The molecule has 222 valence electrons. The minimum atomic E-state index is -1.30. The summed E-state index contributed by atoms with van der Waals surface area (Å²) in [7, 11) is 0. The molecule has 0 saturated carbocycles.